The molecule has 2 aromatic heterocycles. The quantitative estimate of drug-likeness (QED) is 0.441. The van der Waals surface area contributed by atoms with Crippen molar-refractivity contribution in [2.45, 2.75) is 26.9 Å². The number of hydrogen-bond donors (Lipinski definition) is 1. The molecule has 7 heteroatoms. The first-order valence-corrected chi connectivity index (χ1v) is 8.42. The summed E-state index contributed by atoms with van der Waals surface area (Å²) in [5.41, 5.74) is 2.35. The fraction of sp³-hybridized carbons (Fsp3) is 0.429. The summed E-state index contributed by atoms with van der Waals surface area (Å²) >= 11 is 3.39. The van der Waals surface area contributed by atoms with E-state index in [1.807, 2.05) is 14.0 Å². The van der Waals surface area contributed by atoms with Gasteiger partial charge in [-0.15, -0.1) is 35.3 Å². The fourth-order valence-electron chi connectivity index (χ4n) is 1.82. The lowest BCUT2D eigenvalue weighted by atomic mass is 10.3. The third-order valence-electron chi connectivity index (χ3n) is 2.75. The van der Waals surface area contributed by atoms with Gasteiger partial charge in [0.1, 0.15) is 0 Å². The highest BCUT2D eigenvalue weighted by Gasteiger charge is 2.08. The second-order valence-electron chi connectivity index (χ2n) is 4.52. The molecule has 21 heavy (non-hydrogen) atoms. The molecule has 0 aromatic carbocycles. The fourth-order valence-corrected chi connectivity index (χ4v) is 3.08. The molecule has 0 amide bonds. The van der Waals surface area contributed by atoms with Crippen LogP contribution in [0.4, 0.5) is 0 Å². The van der Waals surface area contributed by atoms with E-state index < -0.39 is 0 Å². The highest BCUT2D eigenvalue weighted by molar-refractivity contribution is 14.0. The number of thiazole rings is 1. The van der Waals surface area contributed by atoms with Gasteiger partial charge < -0.3 is 10.2 Å². The van der Waals surface area contributed by atoms with E-state index in [9.17, 15) is 0 Å². The Morgan fingerprint density at radius 2 is 2.24 bits per heavy atom. The molecule has 0 saturated carbocycles. The van der Waals surface area contributed by atoms with Crippen LogP contribution in [0.5, 0.6) is 0 Å². The van der Waals surface area contributed by atoms with Crippen molar-refractivity contribution in [2.75, 3.05) is 13.6 Å². The number of thiophene rings is 1. The van der Waals surface area contributed by atoms with Crippen LogP contribution in [0.25, 0.3) is 0 Å². The molecular formula is C14H21IN4S2. The van der Waals surface area contributed by atoms with E-state index in [0.29, 0.717) is 6.54 Å². The van der Waals surface area contributed by atoms with Crippen LogP contribution < -0.4 is 5.32 Å². The topological polar surface area (TPSA) is 40.5 Å². The Bertz CT molecular complexity index is 551. The summed E-state index contributed by atoms with van der Waals surface area (Å²) in [7, 11) is 2.05. The molecule has 0 spiro atoms. The predicted octanol–water partition coefficient (Wildman–Crippen LogP) is 3.73. The Morgan fingerprint density at radius 1 is 1.43 bits per heavy atom. The molecule has 0 aliphatic heterocycles. The van der Waals surface area contributed by atoms with Gasteiger partial charge in [-0.2, -0.15) is 11.3 Å². The van der Waals surface area contributed by atoms with Crippen LogP contribution >= 0.6 is 46.7 Å². The number of rotatable bonds is 5. The number of nitrogens with one attached hydrogen (secondary N) is 1. The van der Waals surface area contributed by atoms with Crippen molar-refractivity contribution in [1.82, 2.24) is 15.2 Å². The van der Waals surface area contributed by atoms with E-state index in [-0.39, 0.29) is 24.0 Å². The van der Waals surface area contributed by atoms with Gasteiger partial charge in [0.15, 0.2) is 5.96 Å². The molecule has 2 aromatic rings. The van der Waals surface area contributed by atoms with Crippen LogP contribution in [0.2, 0.25) is 0 Å². The van der Waals surface area contributed by atoms with E-state index >= 15 is 0 Å². The minimum Gasteiger partial charge on any atom is -0.357 e. The normalized spacial score (nSPS) is 11.1. The van der Waals surface area contributed by atoms with Gasteiger partial charge in [-0.05, 0) is 36.2 Å². The number of halogens is 1. The van der Waals surface area contributed by atoms with E-state index in [1.165, 1.54) is 5.56 Å². The van der Waals surface area contributed by atoms with Gasteiger partial charge in [0.05, 0.1) is 23.8 Å². The molecule has 2 heterocycles. The van der Waals surface area contributed by atoms with Crippen molar-refractivity contribution >= 4 is 52.6 Å². The smallest absolute Gasteiger partial charge is 0.194 e. The van der Waals surface area contributed by atoms with Crippen LogP contribution in [-0.2, 0) is 13.1 Å². The standard InChI is InChI=1S/C14H20N4S2.HI/c1-4-15-14(16-7-12-5-6-19-9-12)18(3)8-13-10-20-11(2)17-13;/h5-6,9-10H,4,7-8H2,1-3H3,(H,15,16);1H. The minimum absolute atomic E-state index is 0. The monoisotopic (exact) mass is 436 g/mol. The lowest BCUT2D eigenvalue weighted by Crippen LogP contribution is -2.38. The van der Waals surface area contributed by atoms with Crippen molar-refractivity contribution in [2.24, 2.45) is 4.99 Å². The summed E-state index contributed by atoms with van der Waals surface area (Å²) in [5, 5.41) is 10.8. The summed E-state index contributed by atoms with van der Waals surface area (Å²) in [5.74, 6) is 0.921. The van der Waals surface area contributed by atoms with Crippen LogP contribution in [0.1, 0.15) is 23.2 Å². The lowest BCUT2D eigenvalue weighted by Gasteiger charge is -2.21. The number of nitrogens with zero attached hydrogens (tertiary/aromatic N) is 3. The van der Waals surface area contributed by atoms with E-state index in [1.54, 1.807) is 22.7 Å². The molecule has 0 radical (unpaired) electrons. The summed E-state index contributed by atoms with van der Waals surface area (Å²) in [6, 6.07) is 2.11. The van der Waals surface area contributed by atoms with Crippen LogP contribution in [-0.4, -0.2) is 29.4 Å². The zero-order chi connectivity index (χ0) is 14.4. The highest BCUT2D eigenvalue weighted by Crippen LogP contribution is 2.11. The highest BCUT2D eigenvalue weighted by atomic mass is 127. The predicted molar refractivity (Wildman–Crippen MR) is 103 cm³/mol. The molecule has 0 aliphatic carbocycles. The molecule has 2 rings (SSSR count). The second kappa shape index (κ2) is 9.37. The first kappa shape index (κ1) is 18.4. The molecule has 0 aliphatic rings. The lowest BCUT2D eigenvalue weighted by molar-refractivity contribution is 0.471. The molecule has 0 bridgehead atoms. The molecule has 1 N–H and O–H groups in total. The first-order chi connectivity index (χ1) is 9.69. The average molecular weight is 436 g/mol. The summed E-state index contributed by atoms with van der Waals surface area (Å²) in [6.45, 7) is 6.47. The van der Waals surface area contributed by atoms with Crippen molar-refractivity contribution in [3.05, 3.63) is 38.5 Å². The van der Waals surface area contributed by atoms with Crippen LogP contribution in [0.15, 0.2) is 27.2 Å². The van der Waals surface area contributed by atoms with Crippen molar-refractivity contribution in [1.29, 1.82) is 0 Å². The summed E-state index contributed by atoms with van der Waals surface area (Å²) < 4.78 is 0. The first-order valence-electron chi connectivity index (χ1n) is 6.60. The van der Waals surface area contributed by atoms with E-state index in [4.69, 9.17) is 0 Å². The van der Waals surface area contributed by atoms with E-state index in [2.05, 4.69) is 49.3 Å². The Morgan fingerprint density at radius 3 is 2.81 bits per heavy atom. The van der Waals surface area contributed by atoms with Gasteiger partial charge >= 0.3 is 0 Å². The third kappa shape index (κ3) is 5.91. The Kier molecular flexibility index (Phi) is 8.20. The third-order valence-corrected chi connectivity index (χ3v) is 4.31. The zero-order valence-corrected chi connectivity index (χ0v) is 16.5. The van der Waals surface area contributed by atoms with Crippen LogP contribution in [0.3, 0.4) is 0 Å². The second-order valence-corrected chi connectivity index (χ2v) is 6.36. The van der Waals surface area contributed by atoms with E-state index in [0.717, 1.165) is 29.8 Å². The maximum absolute atomic E-state index is 4.67. The number of aromatic nitrogens is 1. The number of hydrogen-bond acceptors (Lipinski definition) is 4. The zero-order valence-electron chi connectivity index (χ0n) is 12.5. The Balaban J connectivity index is 0.00000220. The SMILES string of the molecule is CCNC(=NCc1ccsc1)N(C)Cc1csc(C)n1.I. The van der Waals surface area contributed by atoms with Gasteiger partial charge in [-0.1, -0.05) is 0 Å². The average Bonchev–Trinajstić information content (AvgIpc) is 3.06. The minimum atomic E-state index is 0. The molecule has 0 atom stereocenters. The Hall–Kier alpha value is -0.670. The number of aryl methyl sites for hydroxylation is 1. The van der Waals surface area contributed by atoms with Gasteiger partial charge in [0.25, 0.3) is 0 Å². The van der Waals surface area contributed by atoms with Crippen molar-refractivity contribution in [3.63, 3.8) is 0 Å². The summed E-state index contributed by atoms with van der Waals surface area (Å²) in [6.07, 6.45) is 0. The largest absolute Gasteiger partial charge is 0.357 e. The van der Waals surface area contributed by atoms with Gasteiger partial charge in [0, 0.05) is 19.0 Å². The van der Waals surface area contributed by atoms with Crippen molar-refractivity contribution < 1.29 is 0 Å². The van der Waals surface area contributed by atoms with Crippen molar-refractivity contribution in [3.8, 4) is 0 Å². The molecule has 4 nitrogen and oxygen atoms in total. The maximum atomic E-state index is 4.67. The molecule has 0 fully saturated rings. The molecule has 0 saturated heterocycles. The Labute approximate surface area is 151 Å². The molecular weight excluding hydrogens is 415 g/mol. The van der Waals surface area contributed by atoms with Gasteiger partial charge in [0.2, 0.25) is 0 Å². The van der Waals surface area contributed by atoms with Gasteiger partial charge in [-0.25, -0.2) is 9.98 Å². The number of aliphatic imine (C=N–C) groups is 1. The summed E-state index contributed by atoms with van der Waals surface area (Å²) in [4.78, 5) is 11.3. The number of guanidine groups is 1. The van der Waals surface area contributed by atoms with Gasteiger partial charge in [-0.3, -0.25) is 0 Å². The van der Waals surface area contributed by atoms with Crippen LogP contribution in [0, 0.1) is 6.92 Å². The molecule has 0 unspecified atom stereocenters. The molecule has 116 valence electrons. The maximum Gasteiger partial charge on any atom is 0.194 e.